The van der Waals surface area contributed by atoms with Gasteiger partial charge in [-0.3, -0.25) is 4.79 Å². The second-order valence-electron chi connectivity index (χ2n) is 3.86. The maximum absolute atomic E-state index is 11.4. The van der Waals surface area contributed by atoms with Gasteiger partial charge in [-0.15, -0.1) is 0 Å². The molecule has 1 aliphatic carbocycles. The summed E-state index contributed by atoms with van der Waals surface area (Å²) in [6.07, 6.45) is 11.2. The lowest BCUT2D eigenvalue weighted by Gasteiger charge is -2.10. The van der Waals surface area contributed by atoms with Gasteiger partial charge in [-0.1, -0.05) is 32.3 Å². The molecule has 0 bridgehead atoms. The van der Waals surface area contributed by atoms with Crippen molar-refractivity contribution in [3.05, 3.63) is 11.6 Å². The third-order valence-corrected chi connectivity index (χ3v) is 2.66. The maximum Gasteiger partial charge on any atom is 0.158 e. The summed E-state index contributed by atoms with van der Waals surface area (Å²) >= 11 is 0. The van der Waals surface area contributed by atoms with E-state index in [0.29, 0.717) is 5.78 Å². The lowest BCUT2D eigenvalue weighted by Crippen LogP contribution is -2.06. The van der Waals surface area contributed by atoms with Crippen molar-refractivity contribution in [2.24, 2.45) is 0 Å². The van der Waals surface area contributed by atoms with Gasteiger partial charge >= 0.3 is 0 Å². The van der Waals surface area contributed by atoms with Crippen LogP contribution in [0.5, 0.6) is 0 Å². The van der Waals surface area contributed by atoms with Gasteiger partial charge in [0.1, 0.15) is 0 Å². The molecule has 0 atom stereocenters. The Morgan fingerprint density at radius 2 is 2.15 bits per heavy atom. The van der Waals surface area contributed by atoms with Crippen LogP contribution in [0.3, 0.4) is 0 Å². The first-order chi connectivity index (χ1) is 6.34. The van der Waals surface area contributed by atoms with Crippen molar-refractivity contribution in [2.45, 2.75) is 58.3 Å². The minimum Gasteiger partial charge on any atom is -0.295 e. The van der Waals surface area contributed by atoms with Crippen LogP contribution in [0.1, 0.15) is 58.3 Å². The zero-order valence-corrected chi connectivity index (χ0v) is 8.64. The summed E-state index contributed by atoms with van der Waals surface area (Å²) in [6, 6.07) is 0. The van der Waals surface area contributed by atoms with E-state index in [2.05, 4.69) is 13.0 Å². The largest absolute Gasteiger partial charge is 0.295 e. The summed E-state index contributed by atoms with van der Waals surface area (Å²) in [6.45, 7) is 2.21. The molecule has 0 N–H and O–H groups in total. The molecule has 74 valence electrons. The number of carbonyl (C=O) groups excluding carboxylic acids is 1. The Labute approximate surface area is 81.2 Å². The van der Waals surface area contributed by atoms with Crippen molar-refractivity contribution in [3.8, 4) is 0 Å². The molecular weight excluding hydrogens is 160 g/mol. The SMILES string of the molecule is CCCCCCC1=CCCCC1=O. The molecule has 0 heterocycles. The molecular formula is C12H20O. The van der Waals surface area contributed by atoms with Gasteiger partial charge in [-0.2, -0.15) is 0 Å². The van der Waals surface area contributed by atoms with E-state index < -0.39 is 0 Å². The van der Waals surface area contributed by atoms with Crippen LogP contribution in [-0.2, 0) is 4.79 Å². The smallest absolute Gasteiger partial charge is 0.158 e. The van der Waals surface area contributed by atoms with Gasteiger partial charge < -0.3 is 0 Å². The summed E-state index contributed by atoms with van der Waals surface area (Å²) < 4.78 is 0. The summed E-state index contributed by atoms with van der Waals surface area (Å²) in [4.78, 5) is 11.4. The van der Waals surface area contributed by atoms with E-state index in [0.717, 1.165) is 31.3 Å². The van der Waals surface area contributed by atoms with Crippen molar-refractivity contribution >= 4 is 5.78 Å². The molecule has 0 saturated heterocycles. The predicted molar refractivity (Wildman–Crippen MR) is 55.7 cm³/mol. The summed E-state index contributed by atoms with van der Waals surface area (Å²) in [7, 11) is 0. The van der Waals surface area contributed by atoms with Crippen LogP contribution in [0.2, 0.25) is 0 Å². The van der Waals surface area contributed by atoms with Gasteiger partial charge in [-0.25, -0.2) is 0 Å². The molecule has 0 spiro atoms. The fraction of sp³-hybridized carbons (Fsp3) is 0.750. The van der Waals surface area contributed by atoms with Gasteiger partial charge in [0.05, 0.1) is 0 Å². The zero-order chi connectivity index (χ0) is 9.52. The molecule has 13 heavy (non-hydrogen) atoms. The zero-order valence-electron chi connectivity index (χ0n) is 8.64. The van der Waals surface area contributed by atoms with Crippen LogP contribution in [-0.4, -0.2) is 5.78 Å². The van der Waals surface area contributed by atoms with E-state index in [9.17, 15) is 4.79 Å². The highest BCUT2D eigenvalue weighted by Gasteiger charge is 2.12. The lowest BCUT2D eigenvalue weighted by atomic mass is 9.94. The van der Waals surface area contributed by atoms with Gasteiger partial charge in [0.2, 0.25) is 0 Å². The first kappa shape index (κ1) is 10.5. The number of carbonyl (C=O) groups is 1. The van der Waals surface area contributed by atoms with E-state index in [4.69, 9.17) is 0 Å². The Kier molecular flexibility index (Phi) is 4.81. The number of allylic oxidation sites excluding steroid dienone is 2. The highest BCUT2D eigenvalue weighted by atomic mass is 16.1. The predicted octanol–water partition coefficient (Wildman–Crippen LogP) is 3.64. The normalized spacial score (nSPS) is 17.3. The first-order valence-electron chi connectivity index (χ1n) is 5.57. The minimum absolute atomic E-state index is 0.405. The number of ketones is 1. The van der Waals surface area contributed by atoms with Gasteiger partial charge in [0.25, 0.3) is 0 Å². The van der Waals surface area contributed by atoms with Gasteiger partial charge in [0.15, 0.2) is 5.78 Å². The van der Waals surface area contributed by atoms with Crippen molar-refractivity contribution in [1.29, 1.82) is 0 Å². The van der Waals surface area contributed by atoms with Crippen molar-refractivity contribution < 1.29 is 4.79 Å². The second-order valence-corrected chi connectivity index (χ2v) is 3.86. The summed E-state index contributed by atoms with van der Waals surface area (Å²) in [5, 5.41) is 0. The Bertz CT molecular complexity index is 191. The molecule has 0 aliphatic heterocycles. The average molecular weight is 180 g/mol. The molecule has 1 nitrogen and oxygen atoms in total. The quantitative estimate of drug-likeness (QED) is 0.590. The highest BCUT2D eigenvalue weighted by molar-refractivity contribution is 5.95. The monoisotopic (exact) mass is 180 g/mol. The first-order valence-corrected chi connectivity index (χ1v) is 5.57. The van der Waals surface area contributed by atoms with E-state index in [1.54, 1.807) is 0 Å². The third kappa shape index (κ3) is 3.75. The lowest BCUT2D eigenvalue weighted by molar-refractivity contribution is -0.116. The van der Waals surface area contributed by atoms with Crippen LogP contribution in [0.15, 0.2) is 11.6 Å². The highest BCUT2D eigenvalue weighted by Crippen LogP contribution is 2.19. The van der Waals surface area contributed by atoms with Crippen LogP contribution in [0.25, 0.3) is 0 Å². The molecule has 0 saturated carbocycles. The second kappa shape index (κ2) is 5.95. The molecule has 0 fully saturated rings. The van der Waals surface area contributed by atoms with Crippen molar-refractivity contribution in [1.82, 2.24) is 0 Å². The van der Waals surface area contributed by atoms with Crippen molar-refractivity contribution in [3.63, 3.8) is 0 Å². The average Bonchev–Trinajstić information content (AvgIpc) is 2.15. The van der Waals surface area contributed by atoms with Gasteiger partial charge in [0, 0.05) is 6.42 Å². The summed E-state index contributed by atoms with van der Waals surface area (Å²) in [5.41, 5.74) is 1.11. The van der Waals surface area contributed by atoms with Crippen LogP contribution in [0.4, 0.5) is 0 Å². The van der Waals surface area contributed by atoms with E-state index in [-0.39, 0.29) is 0 Å². The Morgan fingerprint density at radius 1 is 1.31 bits per heavy atom. The number of rotatable bonds is 5. The standard InChI is InChI=1S/C12H20O/c1-2-3-4-5-8-11-9-6-7-10-12(11)13/h9H,2-8,10H2,1H3. The molecule has 0 amide bonds. The molecule has 0 aromatic carbocycles. The van der Waals surface area contributed by atoms with Crippen molar-refractivity contribution in [2.75, 3.05) is 0 Å². The molecule has 1 rings (SSSR count). The molecule has 0 aromatic rings. The molecule has 0 radical (unpaired) electrons. The molecule has 0 unspecified atom stereocenters. The maximum atomic E-state index is 11.4. The minimum atomic E-state index is 0.405. The number of hydrogen-bond acceptors (Lipinski definition) is 1. The third-order valence-electron chi connectivity index (χ3n) is 2.66. The fourth-order valence-corrected chi connectivity index (χ4v) is 1.80. The van der Waals surface area contributed by atoms with E-state index in [1.807, 2.05) is 0 Å². The molecule has 0 aromatic heterocycles. The number of hydrogen-bond donors (Lipinski definition) is 0. The topological polar surface area (TPSA) is 17.1 Å². The summed E-state index contributed by atoms with van der Waals surface area (Å²) in [5.74, 6) is 0.405. The Hall–Kier alpha value is -0.590. The molecule has 1 heteroatoms. The van der Waals surface area contributed by atoms with E-state index >= 15 is 0 Å². The van der Waals surface area contributed by atoms with Crippen LogP contribution < -0.4 is 0 Å². The Morgan fingerprint density at radius 3 is 2.85 bits per heavy atom. The van der Waals surface area contributed by atoms with Gasteiger partial charge in [-0.05, 0) is 31.3 Å². The Balaban J connectivity index is 2.19. The van der Waals surface area contributed by atoms with Crippen LogP contribution in [0, 0.1) is 0 Å². The van der Waals surface area contributed by atoms with Crippen LogP contribution >= 0.6 is 0 Å². The fourth-order valence-electron chi connectivity index (χ4n) is 1.80. The van der Waals surface area contributed by atoms with E-state index in [1.165, 1.54) is 25.7 Å². The number of unbranched alkanes of at least 4 members (excludes halogenated alkanes) is 3. The number of Topliss-reactive ketones (excluding diaryl/α,β-unsaturated/α-hetero) is 1. The molecule has 1 aliphatic rings.